The molecule has 4 aromatic rings. The van der Waals surface area contributed by atoms with E-state index in [1.807, 2.05) is 6.92 Å². The molecule has 0 radical (unpaired) electrons. The molecule has 11 nitrogen and oxygen atoms in total. The summed E-state index contributed by atoms with van der Waals surface area (Å²) in [6.45, 7) is 1.57. The normalized spacial score (nSPS) is 12.5. The summed E-state index contributed by atoms with van der Waals surface area (Å²) >= 11 is 0. The van der Waals surface area contributed by atoms with Gasteiger partial charge < -0.3 is 9.79 Å². The zero-order chi connectivity index (χ0) is 25.4. The number of nitrogens with zero attached hydrogens (tertiary/aromatic N) is 6. The SMILES string of the molecule is CCCn1cnc2nc(-c3cnn(Cc4cccc(C(F)(F)F)c4)c3)n(COP(=O)(O)O)c2c1=O. The van der Waals surface area contributed by atoms with Crippen LogP contribution in [-0.4, -0.2) is 38.7 Å². The third-order valence-corrected chi connectivity index (χ3v) is 5.49. The highest BCUT2D eigenvalue weighted by Crippen LogP contribution is 2.37. The molecule has 0 fully saturated rings. The number of phosphoric ester groups is 1. The van der Waals surface area contributed by atoms with Crippen LogP contribution in [0.2, 0.25) is 0 Å². The minimum Gasteiger partial charge on any atom is -0.303 e. The molecule has 35 heavy (non-hydrogen) atoms. The smallest absolute Gasteiger partial charge is 0.303 e. The molecule has 4 rings (SSSR count). The van der Waals surface area contributed by atoms with Crippen molar-refractivity contribution in [1.29, 1.82) is 0 Å². The summed E-state index contributed by atoms with van der Waals surface area (Å²) in [5.74, 6) is 0.0996. The topological polar surface area (TPSA) is 137 Å². The minimum atomic E-state index is -4.89. The van der Waals surface area contributed by atoms with Crippen molar-refractivity contribution in [3.8, 4) is 11.4 Å². The Morgan fingerprint density at radius 3 is 2.69 bits per heavy atom. The molecule has 15 heteroatoms. The maximum absolute atomic E-state index is 13.0. The van der Waals surface area contributed by atoms with Gasteiger partial charge in [0.05, 0.1) is 23.9 Å². The van der Waals surface area contributed by atoms with Crippen molar-refractivity contribution >= 4 is 19.0 Å². The fourth-order valence-electron chi connectivity index (χ4n) is 3.53. The van der Waals surface area contributed by atoms with Gasteiger partial charge in [0.2, 0.25) is 0 Å². The Hall–Kier alpha value is -3.32. The Balaban J connectivity index is 1.74. The lowest BCUT2D eigenvalue weighted by Gasteiger charge is -2.10. The molecule has 0 aliphatic heterocycles. The van der Waals surface area contributed by atoms with Gasteiger partial charge in [-0.3, -0.25) is 23.1 Å². The highest BCUT2D eigenvalue weighted by molar-refractivity contribution is 7.46. The standard InChI is InChI=1S/C20H20F3N6O5P/c1-2-6-27-11-24-17-16(19(27)30)29(12-34-35(31,32)33)18(26-17)14-8-25-28(10-14)9-13-4-3-5-15(7-13)20(21,22)23/h3-5,7-8,10-11H,2,6,9,12H2,1H3,(H2,31,32,33). The van der Waals surface area contributed by atoms with Crippen LogP contribution in [-0.2, 0) is 35.1 Å². The van der Waals surface area contributed by atoms with Gasteiger partial charge in [0.15, 0.2) is 11.2 Å². The monoisotopic (exact) mass is 512 g/mol. The molecule has 1 aromatic carbocycles. The fourth-order valence-corrected chi connectivity index (χ4v) is 3.80. The number of rotatable bonds is 8. The summed E-state index contributed by atoms with van der Waals surface area (Å²) in [7, 11) is -4.89. The number of aromatic nitrogens is 6. The summed E-state index contributed by atoms with van der Waals surface area (Å²) in [4.78, 5) is 39.8. The summed E-state index contributed by atoms with van der Waals surface area (Å²) in [6.07, 6.45) is 0.353. The van der Waals surface area contributed by atoms with Gasteiger partial charge in [0.25, 0.3) is 5.56 Å². The van der Waals surface area contributed by atoms with E-state index < -0.39 is 31.9 Å². The van der Waals surface area contributed by atoms with Gasteiger partial charge in [-0.2, -0.15) is 18.3 Å². The Bertz CT molecular complexity index is 1470. The lowest BCUT2D eigenvalue weighted by molar-refractivity contribution is -0.137. The first kappa shape index (κ1) is 24.8. The molecule has 2 N–H and O–H groups in total. The van der Waals surface area contributed by atoms with Gasteiger partial charge in [0.1, 0.15) is 18.9 Å². The predicted molar refractivity (Wildman–Crippen MR) is 117 cm³/mol. The molecule has 0 saturated carbocycles. The highest BCUT2D eigenvalue weighted by atomic mass is 31.2. The van der Waals surface area contributed by atoms with E-state index in [9.17, 15) is 22.5 Å². The summed E-state index contributed by atoms with van der Waals surface area (Å²) in [5, 5.41) is 4.15. The average Bonchev–Trinajstić information content (AvgIpc) is 3.38. The molecule has 0 atom stereocenters. The zero-order valence-electron chi connectivity index (χ0n) is 18.3. The van der Waals surface area contributed by atoms with Crippen LogP contribution in [0.1, 0.15) is 24.5 Å². The minimum absolute atomic E-state index is 0.0185. The second-order valence-corrected chi connectivity index (χ2v) is 8.89. The van der Waals surface area contributed by atoms with E-state index in [0.717, 1.165) is 12.1 Å². The quantitative estimate of drug-likeness (QED) is 0.344. The van der Waals surface area contributed by atoms with Crippen molar-refractivity contribution in [3.63, 3.8) is 0 Å². The van der Waals surface area contributed by atoms with Gasteiger partial charge >= 0.3 is 14.0 Å². The number of hydrogen-bond donors (Lipinski definition) is 2. The molecule has 0 aliphatic carbocycles. The van der Waals surface area contributed by atoms with Gasteiger partial charge in [0, 0.05) is 12.7 Å². The van der Waals surface area contributed by atoms with Gasteiger partial charge in [-0.05, 0) is 24.1 Å². The Morgan fingerprint density at radius 1 is 1.23 bits per heavy atom. The number of hydrogen-bond acceptors (Lipinski definition) is 6. The largest absolute Gasteiger partial charge is 0.471 e. The van der Waals surface area contributed by atoms with Crippen LogP contribution in [0.15, 0.2) is 47.8 Å². The Kier molecular flexibility index (Phi) is 6.64. The number of alkyl halides is 3. The van der Waals surface area contributed by atoms with Crippen LogP contribution in [0.4, 0.5) is 13.2 Å². The third-order valence-electron chi connectivity index (χ3n) is 5.04. The van der Waals surface area contributed by atoms with Crippen molar-refractivity contribution in [3.05, 3.63) is 64.5 Å². The van der Waals surface area contributed by atoms with Crippen LogP contribution in [0.25, 0.3) is 22.6 Å². The first-order valence-corrected chi connectivity index (χ1v) is 11.8. The predicted octanol–water partition coefficient (Wildman–Crippen LogP) is 3.00. The first-order chi connectivity index (χ1) is 16.5. The molecule has 0 bridgehead atoms. The maximum atomic E-state index is 13.0. The van der Waals surface area contributed by atoms with Gasteiger partial charge in [-0.25, -0.2) is 14.5 Å². The van der Waals surface area contributed by atoms with Gasteiger partial charge in [-0.1, -0.05) is 19.1 Å². The van der Waals surface area contributed by atoms with Crippen molar-refractivity contribution in [2.75, 3.05) is 0 Å². The van der Waals surface area contributed by atoms with E-state index in [-0.39, 0.29) is 23.5 Å². The van der Waals surface area contributed by atoms with Gasteiger partial charge in [-0.15, -0.1) is 0 Å². The lowest BCUT2D eigenvalue weighted by atomic mass is 10.1. The van der Waals surface area contributed by atoms with E-state index in [1.165, 1.54) is 44.7 Å². The van der Waals surface area contributed by atoms with E-state index in [4.69, 9.17) is 9.79 Å². The number of phosphoric acid groups is 1. The Morgan fingerprint density at radius 2 is 2.00 bits per heavy atom. The molecule has 0 saturated heterocycles. The second kappa shape index (κ2) is 9.38. The van der Waals surface area contributed by atoms with Crippen molar-refractivity contribution < 1.29 is 32.0 Å². The molecule has 186 valence electrons. The van der Waals surface area contributed by atoms with Crippen molar-refractivity contribution in [2.45, 2.75) is 39.3 Å². The number of fused-ring (bicyclic) bond motifs is 1. The van der Waals surface area contributed by atoms with Crippen LogP contribution >= 0.6 is 7.82 Å². The van der Waals surface area contributed by atoms with Crippen molar-refractivity contribution in [2.24, 2.45) is 0 Å². The average molecular weight is 512 g/mol. The zero-order valence-corrected chi connectivity index (χ0v) is 19.1. The van der Waals surface area contributed by atoms with E-state index in [1.54, 1.807) is 0 Å². The number of halogens is 3. The van der Waals surface area contributed by atoms with Crippen LogP contribution in [0, 0.1) is 0 Å². The molecule has 0 aliphatic rings. The molecule has 0 spiro atoms. The molecular weight excluding hydrogens is 492 g/mol. The first-order valence-electron chi connectivity index (χ1n) is 10.3. The van der Waals surface area contributed by atoms with E-state index in [0.29, 0.717) is 24.1 Å². The van der Waals surface area contributed by atoms with E-state index >= 15 is 0 Å². The highest BCUT2D eigenvalue weighted by Gasteiger charge is 2.30. The molecular formula is C20H20F3N6O5P. The van der Waals surface area contributed by atoms with Crippen LogP contribution in [0.5, 0.6) is 0 Å². The summed E-state index contributed by atoms with van der Waals surface area (Å²) < 4.78 is 58.9. The number of imidazole rings is 1. The fraction of sp³-hybridized carbons (Fsp3) is 0.300. The van der Waals surface area contributed by atoms with E-state index in [2.05, 4.69) is 19.6 Å². The molecule has 3 heterocycles. The van der Waals surface area contributed by atoms with Crippen molar-refractivity contribution in [1.82, 2.24) is 28.9 Å². The third kappa shape index (κ3) is 5.51. The molecule has 3 aromatic heterocycles. The second-order valence-electron chi connectivity index (χ2n) is 7.65. The Labute approximate surface area is 195 Å². The lowest BCUT2D eigenvalue weighted by Crippen LogP contribution is -2.22. The number of benzene rings is 1. The van der Waals surface area contributed by atoms with Crippen LogP contribution < -0.4 is 5.56 Å². The summed E-state index contributed by atoms with van der Waals surface area (Å²) in [5.41, 5.74) is -0.538. The molecule has 0 amide bonds. The molecule has 0 unspecified atom stereocenters. The summed E-state index contributed by atoms with van der Waals surface area (Å²) in [6, 6.07) is 4.82. The maximum Gasteiger partial charge on any atom is 0.471 e. The number of aryl methyl sites for hydroxylation is 1. The van der Waals surface area contributed by atoms with Crippen LogP contribution in [0.3, 0.4) is 0 Å².